The summed E-state index contributed by atoms with van der Waals surface area (Å²) in [6.07, 6.45) is 3.42. The average molecular weight is 535 g/mol. The molecular formula is C27H30F4N4O3. The molecular weight excluding hydrogens is 504 g/mol. The van der Waals surface area contributed by atoms with Crippen molar-refractivity contribution in [1.82, 2.24) is 15.4 Å². The number of benzene rings is 2. The molecule has 3 N–H and O–H groups in total. The van der Waals surface area contributed by atoms with Crippen LogP contribution in [0.1, 0.15) is 31.2 Å². The Morgan fingerprint density at radius 1 is 1.13 bits per heavy atom. The number of pyridine rings is 1. The van der Waals surface area contributed by atoms with Gasteiger partial charge >= 0.3 is 0 Å². The second-order valence-corrected chi connectivity index (χ2v) is 9.56. The fourth-order valence-electron chi connectivity index (χ4n) is 5.13. The van der Waals surface area contributed by atoms with Crippen LogP contribution in [0.5, 0.6) is 5.75 Å². The van der Waals surface area contributed by atoms with Gasteiger partial charge in [0.1, 0.15) is 17.4 Å². The summed E-state index contributed by atoms with van der Waals surface area (Å²) in [6.45, 7) is 1.76. The van der Waals surface area contributed by atoms with E-state index in [1.165, 1.54) is 13.3 Å². The third-order valence-electron chi connectivity index (χ3n) is 7.35. The number of carbonyl (C=O) groups is 1. The van der Waals surface area contributed by atoms with Gasteiger partial charge in [0.05, 0.1) is 29.9 Å². The van der Waals surface area contributed by atoms with E-state index in [4.69, 9.17) is 4.74 Å². The second kappa shape index (κ2) is 12.0. The summed E-state index contributed by atoms with van der Waals surface area (Å²) in [5.74, 6) is -3.58. The molecule has 0 aliphatic carbocycles. The number of hydrogen-bond donors (Lipinski definition) is 3. The van der Waals surface area contributed by atoms with Crippen molar-refractivity contribution in [2.45, 2.75) is 32.1 Å². The summed E-state index contributed by atoms with van der Waals surface area (Å²) in [4.78, 5) is 18.9. The molecule has 4 rings (SSSR count). The number of hydroxylamine groups is 1. The third kappa shape index (κ3) is 5.99. The molecule has 2 heterocycles. The summed E-state index contributed by atoms with van der Waals surface area (Å²) < 4.78 is 60.6. The smallest absolute Gasteiger partial charge is 0.249 e. The molecule has 0 atom stereocenters. The van der Waals surface area contributed by atoms with E-state index < -0.39 is 34.6 Å². The summed E-state index contributed by atoms with van der Waals surface area (Å²) >= 11 is 0. The lowest BCUT2D eigenvalue weighted by Crippen LogP contribution is -2.49. The normalized spacial score (nSPS) is 15.4. The summed E-state index contributed by atoms with van der Waals surface area (Å²) in [5, 5.41) is 12.8. The van der Waals surface area contributed by atoms with Gasteiger partial charge in [0.2, 0.25) is 5.91 Å². The van der Waals surface area contributed by atoms with Gasteiger partial charge < -0.3 is 15.0 Å². The predicted molar refractivity (Wildman–Crippen MR) is 134 cm³/mol. The SMILES string of the molecule is COc1ccc2ncc(F)c(CCCC3(C(=O)NO)CCN(CCNc4cc(F)cc(F)c4F)CC3)c2c1. The molecule has 11 heteroatoms. The molecule has 1 aromatic heterocycles. The molecule has 1 fully saturated rings. The van der Waals surface area contributed by atoms with Crippen LogP contribution in [0.3, 0.4) is 0 Å². The minimum Gasteiger partial charge on any atom is -0.497 e. The van der Waals surface area contributed by atoms with Gasteiger partial charge in [-0.05, 0) is 69.0 Å². The number of methoxy groups -OCH3 is 1. The van der Waals surface area contributed by atoms with Crippen LogP contribution in [0.25, 0.3) is 10.9 Å². The lowest BCUT2D eigenvalue weighted by molar-refractivity contribution is -0.143. The Labute approximate surface area is 217 Å². The molecule has 2 aromatic carbocycles. The molecule has 0 radical (unpaired) electrons. The van der Waals surface area contributed by atoms with Crippen molar-refractivity contribution < 1.29 is 32.3 Å². The maximum Gasteiger partial charge on any atom is 0.249 e. The van der Waals surface area contributed by atoms with E-state index in [0.717, 1.165) is 6.07 Å². The Balaban J connectivity index is 1.36. The summed E-state index contributed by atoms with van der Waals surface area (Å²) in [6, 6.07) is 6.65. The van der Waals surface area contributed by atoms with Crippen molar-refractivity contribution in [2.75, 3.05) is 38.6 Å². The summed E-state index contributed by atoms with van der Waals surface area (Å²) in [7, 11) is 1.53. The maximum atomic E-state index is 14.7. The van der Waals surface area contributed by atoms with Gasteiger partial charge in [-0.15, -0.1) is 0 Å². The first-order chi connectivity index (χ1) is 18.3. The molecule has 1 aliphatic rings. The quantitative estimate of drug-likeness (QED) is 0.150. The predicted octanol–water partition coefficient (Wildman–Crippen LogP) is 4.82. The number of hydrogen-bond acceptors (Lipinski definition) is 6. The van der Waals surface area contributed by atoms with Crippen molar-refractivity contribution in [1.29, 1.82) is 0 Å². The molecule has 204 valence electrons. The Morgan fingerprint density at radius 2 is 1.89 bits per heavy atom. The van der Waals surface area contributed by atoms with Gasteiger partial charge in [-0.2, -0.15) is 0 Å². The molecule has 1 amide bonds. The number of nitrogens with zero attached hydrogens (tertiary/aromatic N) is 2. The topological polar surface area (TPSA) is 86.7 Å². The monoisotopic (exact) mass is 534 g/mol. The number of likely N-dealkylation sites (tertiary alicyclic amines) is 1. The van der Waals surface area contributed by atoms with Crippen LogP contribution in [-0.2, 0) is 11.2 Å². The number of rotatable bonds is 10. The van der Waals surface area contributed by atoms with E-state index in [0.29, 0.717) is 80.0 Å². The van der Waals surface area contributed by atoms with Crippen LogP contribution in [0.2, 0.25) is 0 Å². The number of fused-ring (bicyclic) bond motifs is 1. The third-order valence-corrected chi connectivity index (χ3v) is 7.35. The molecule has 0 unspecified atom stereocenters. The molecule has 1 saturated heterocycles. The van der Waals surface area contributed by atoms with Crippen molar-refractivity contribution in [3.8, 4) is 5.75 Å². The first-order valence-electron chi connectivity index (χ1n) is 12.4. The molecule has 3 aromatic rings. The standard InChI is InChI=1S/C27H30F4N4O3/c1-38-18-4-5-23-20(15-18)19(22(30)16-33-23)3-2-6-27(26(36)34-37)7-10-35(11-8-27)12-9-32-24-14-17(28)13-21(29)25(24)31/h4-5,13-16,32,37H,2-3,6-12H2,1H3,(H,34,36). The maximum absolute atomic E-state index is 14.7. The summed E-state index contributed by atoms with van der Waals surface area (Å²) in [5.41, 5.74) is 1.86. The van der Waals surface area contributed by atoms with Gasteiger partial charge in [0, 0.05) is 30.6 Å². The van der Waals surface area contributed by atoms with Crippen molar-refractivity contribution in [3.63, 3.8) is 0 Å². The van der Waals surface area contributed by atoms with Gasteiger partial charge in [-0.25, -0.2) is 23.0 Å². The fraction of sp³-hybridized carbons (Fsp3) is 0.407. The molecule has 0 spiro atoms. The molecule has 1 aliphatic heterocycles. The number of halogens is 4. The van der Waals surface area contributed by atoms with Gasteiger partial charge in [-0.3, -0.25) is 15.0 Å². The van der Waals surface area contributed by atoms with Gasteiger partial charge in [0.25, 0.3) is 0 Å². The highest BCUT2D eigenvalue weighted by atomic mass is 19.2. The first kappa shape index (κ1) is 27.6. The Bertz CT molecular complexity index is 1300. The van der Waals surface area contributed by atoms with Crippen LogP contribution >= 0.6 is 0 Å². The minimum atomic E-state index is -1.26. The Hall–Kier alpha value is -3.44. The van der Waals surface area contributed by atoms with Gasteiger partial charge in [-0.1, -0.05) is 0 Å². The molecule has 38 heavy (non-hydrogen) atoms. The molecule has 7 nitrogen and oxygen atoms in total. The van der Waals surface area contributed by atoms with E-state index >= 15 is 0 Å². The van der Waals surface area contributed by atoms with E-state index in [9.17, 15) is 27.6 Å². The highest BCUT2D eigenvalue weighted by Gasteiger charge is 2.40. The van der Waals surface area contributed by atoms with Crippen LogP contribution in [0, 0.1) is 28.7 Å². The van der Waals surface area contributed by atoms with Gasteiger partial charge in [0.15, 0.2) is 11.6 Å². The molecule has 0 bridgehead atoms. The number of anilines is 1. The highest BCUT2D eigenvalue weighted by Crippen LogP contribution is 2.37. The Kier molecular flexibility index (Phi) is 8.68. The average Bonchev–Trinajstić information content (AvgIpc) is 2.92. The number of nitrogens with one attached hydrogen (secondary N) is 2. The lowest BCUT2D eigenvalue weighted by Gasteiger charge is -2.40. The van der Waals surface area contributed by atoms with Crippen molar-refractivity contribution >= 4 is 22.5 Å². The van der Waals surface area contributed by atoms with Crippen LogP contribution < -0.4 is 15.5 Å². The lowest BCUT2D eigenvalue weighted by atomic mass is 9.73. The van der Waals surface area contributed by atoms with Crippen LogP contribution in [0.15, 0.2) is 36.5 Å². The van der Waals surface area contributed by atoms with E-state index in [-0.39, 0.29) is 12.2 Å². The second-order valence-electron chi connectivity index (χ2n) is 9.56. The zero-order chi connectivity index (χ0) is 27.3. The highest BCUT2D eigenvalue weighted by molar-refractivity contribution is 5.84. The number of piperidine rings is 1. The Morgan fingerprint density at radius 3 is 2.61 bits per heavy atom. The number of ether oxygens (including phenoxy) is 1. The first-order valence-corrected chi connectivity index (χ1v) is 12.4. The van der Waals surface area contributed by atoms with E-state index in [1.807, 2.05) is 4.90 Å². The fourth-order valence-corrected chi connectivity index (χ4v) is 5.13. The number of aromatic nitrogens is 1. The largest absolute Gasteiger partial charge is 0.497 e. The number of carbonyl (C=O) groups excluding carboxylic acids is 1. The van der Waals surface area contributed by atoms with Crippen molar-refractivity contribution in [2.24, 2.45) is 5.41 Å². The van der Waals surface area contributed by atoms with E-state index in [2.05, 4.69) is 10.3 Å². The van der Waals surface area contributed by atoms with Crippen molar-refractivity contribution in [3.05, 3.63) is 65.4 Å². The zero-order valence-electron chi connectivity index (χ0n) is 21.0. The minimum absolute atomic E-state index is 0.247. The van der Waals surface area contributed by atoms with E-state index in [1.54, 1.807) is 23.7 Å². The zero-order valence-corrected chi connectivity index (χ0v) is 21.0. The number of aryl methyl sites for hydroxylation is 1. The number of amides is 1. The van der Waals surface area contributed by atoms with Crippen LogP contribution in [-0.4, -0.2) is 54.3 Å². The van der Waals surface area contributed by atoms with Crippen LogP contribution in [0.4, 0.5) is 23.2 Å². The molecule has 0 saturated carbocycles.